The minimum absolute atomic E-state index is 0.0627. The number of anilines is 3. The van der Waals surface area contributed by atoms with E-state index in [2.05, 4.69) is 20.3 Å². The Morgan fingerprint density at radius 1 is 1.12 bits per heavy atom. The second-order valence-corrected chi connectivity index (χ2v) is 10.0. The molecule has 1 aliphatic rings. The molecular formula is C30H26F3N7O3. The molecule has 0 saturated heterocycles. The van der Waals surface area contributed by atoms with Crippen LogP contribution in [0.1, 0.15) is 34.1 Å². The summed E-state index contributed by atoms with van der Waals surface area (Å²) < 4.78 is 48.1. The summed E-state index contributed by atoms with van der Waals surface area (Å²) in [7, 11) is 1.42. The van der Waals surface area contributed by atoms with Crippen molar-refractivity contribution >= 4 is 40.0 Å². The summed E-state index contributed by atoms with van der Waals surface area (Å²) in [5.74, 6) is -0.387. The zero-order valence-electron chi connectivity index (χ0n) is 23.4. The number of nitrogens with one attached hydrogen (secondary N) is 2. The van der Waals surface area contributed by atoms with Gasteiger partial charge in [-0.2, -0.15) is 13.2 Å². The highest BCUT2D eigenvalue weighted by Crippen LogP contribution is 2.38. The Balaban J connectivity index is 1.35. The van der Waals surface area contributed by atoms with Crippen molar-refractivity contribution in [2.45, 2.75) is 26.6 Å². The number of imidazole rings is 1. The molecule has 2 aromatic carbocycles. The van der Waals surface area contributed by atoms with Gasteiger partial charge in [0.1, 0.15) is 11.4 Å². The van der Waals surface area contributed by atoms with Gasteiger partial charge in [-0.15, -0.1) is 0 Å². The monoisotopic (exact) mass is 589 g/mol. The van der Waals surface area contributed by atoms with Crippen LogP contribution in [-0.4, -0.2) is 45.1 Å². The highest BCUT2D eigenvalue weighted by molar-refractivity contribution is 6.12. The molecule has 10 nitrogen and oxygen atoms in total. The highest BCUT2D eigenvalue weighted by Gasteiger charge is 2.34. The number of aryl methyl sites for hydroxylation is 1. The van der Waals surface area contributed by atoms with Gasteiger partial charge in [-0.25, -0.2) is 14.8 Å². The number of amides is 3. The first-order valence-electron chi connectivity index (χ1n) is 13.3. The maximum Gasteiger partial charge on any atom is 0.416 e. The average Bonchev–Trinajstić information content (AvgIpc) is 3.65. The molecule has 0 spiro atoms. The molecular weight excluding hydrogens is 563 g/mol. The van der Waals surface area contributed by atoms with Crippen LogP contribution in [0.5, 0.6) is 5.75 Å². The van der Waals surface area contributed by atoms with Crippen molar-refractivity contribution in [2.24, 2.45) is 0 Å². The largest absolute Gasteiger partial charge is 0.497 e. The number of carbonyl (C=O) groups is 2. The SMILES string of the molecule is CCN1C(=O)N(c2cc(OC)cc(C(=O)Nc3cc(-n4cnc(C)c4)cc(C(F)(F)F)c3)c2)Cc2cnc3[nH]ccc3c21. The van der Waals surface area contributed by atoms with E-state index < -0.39 is 17.6 Å². The van der Waals surface area contributed by atoms with Gasteiger partial charge in [0.05, 0.1) is 42.6 Å². The number of alkyl halides is 3. The van der Waals surface area contributed by atoms with Gasteiger partial charge in [-0.1, -0.05) is 0 Å². The fraction of sp³-hybridized carbons (Fsp3) is 0.200. The molecule has 0 radical (unpaired) electrons. The van der Waals surface area contributed by atoms with Gasteiger partial charge in [0.25, 0.3) is 5.91 Å². The first-order chi connectivity index (χ1) is 20.5. The molecule has 0 aliphatic carbocycles. The summed E-state index contributed by atoms with van der Waals surface area (Å²) in [4.78, 5) is 41.9. The van der Waals surface area contributed by atoms with Gasteiger partial charge in [0, 0.05) is 59.1 Å². The van der Waals surface area contributed by atoms with E-state index >= 15 is 0 Å². The number of halogens is 3. The normalized spacial score (nSPS) is 13.4. The van der Waals surface area contributed by atoms with Gasteiger partial charge in [-0.05, 0) is 50.2 Å². The molecule has 220 valence electrons. The maximum atomic E-state index is 13.8. The van der Waals surface area contributed by atoms with E-state index in [4.69, 9.17) is 4.74 Å². The number of hydrogen-bond acceptors (Lipinski definition) is 5. The molecule has 43 heavy (non-hydrogen) atoms. The van der Waals surface area contributed by atoms with Crippen molar-refractivity contribution in [3.63, 3.8) is 0 Å². The van der Waals surface area contributed by atoms with Crippen molar-refractivity contribution in [2.75, 3.05) is 28.8 Å². The number of aromatic amines is 1. The molecule has 13 heteroatoms. The van der Waals surface area contributed by atoms with E-state index in [1.807, 2.05) is 13.0 Å². The third-order valence-corrected chi connectivity index (χ3v) is 7.22. The number of hydrogen-bond donors (Lipinski definition) is 2. The second kappa shape index (κ2) is 10.5. The van der Waals surface area contributed by atoms with Crippen LogP contribution in [0.15, 0.2) is 67.4 Å². The fourth-order valence-corrected chi connectivity index (χ4v) is 5.19. The summed E-state index contributed by atoms with van der Waals surface area (Å²) in [6.07, 6.45) is 1.80. The van der Waals surface area contributed by atoms with Crippen molar-refractivity contribution in [1.29, 1.82) is 0 Å². The van der Waals surface area contributed by atoms with Crippen LogP contribution in [0.25, 0.3) is 16.7 Å². The fourth-order valence-electron chi connectivity index (χ4n) is 5.19. The molecule has 0 unspecified atom stereocenters. The lowest BCUT2D eigenvalue weighted by atomic mass is 10.1. The van der Waals surface area contributed by atoms with E-state index in [0.29, 0.717) is 29.3 Å². The van der Waals surface area contributed by atoms with Gasteiger partial charge in [0.15, 0.2) is 0 Å². The molecule has 4 heterocycles. The number of methoxy groups -OCH3 is 1. The second-order valence-electron chi connectivity index (χ2n) is 10.0. The number of fused-ring (bicyclic) bond motifs is 3. The summed E-state index contributed by atoms with van der Waals surface area (Å²) >= 11 is 0. The number of urea groups is 1. The molecule has 6 rings (SSSR count). The van der Waals surface area contributed by atoms with E-state index in [0.717, 1.165) is 28.8 Å². The zero-order chi connectivity index (χ0) is 30.5. The number of nitrogens with zero attached hydrogens (tertiary/aromatic N) is 5. The number of H-pyrrole nitrogens is 1. The lowest BCUT2D eigenvalue weighted by Crippen LogP contribution is -2.47. The topological polar surface area (TPSA) is 108 Å². The van der Waals surface area contributed by atoms with Crippen LogP contribution < -0.4 is 19.9 Å². The Labute approximate surface area is 243 Å². The minimum Gasteiger partial charge on any atom is -0.497 e. The molecule has 3 aromatic heterocycles. The van der Waals surface area contributed by atoms with Crippen LogP contribution in [0.2, 0.25) is 0 Å². The summed E-state index contributed by atoms with van der Waals surface area (Å²) in [6, 6.07) is 9.42. The lowest BCUT2D eigenvalue weighted by molar-refractivity contribution is -0.137. The lowest BCUT2D eigenvalue weighted by Gasteiger charge is -2.37. The van der Waals surface area contributed by atoms with Crippen molar-refractivity contribution in [1.82, 2.24) is 19.5 Å². The van der Waals surface area contributed by atoms with Crippen molar-refractivity contribution in [3.8, 4) is 11.4 Å². The van der Waals surface area contributed by atoms with Gasteiger partial charge < -0.3 is 19.6 Å². The van der Waals surface area contributed by atoms with Gasteiger partial charge in [-0.3, -0.25) is 14.6 Å². The number of carbonyl (C=O) groups excluding carboxylic acids is 2. The molecule has 0 saturated carbocycles. The van der Waals surface area contributed by atoms with Gasteiger partial charge >= 0.3 is 12.2 Å². The maximum absolute atomic E-state index is 13.8. The van der Waals surface area contributed by atoms with E-state index in [-0.39, 0.29) is 29.5 Å². The standard InChI is InChI=1S/C30H26F3N7O3/c1-4-39-26-19(13-35-27-25(26)5-6-34-27)15-40(29(39)42)23-7-18(8-24(12-23)43-3)28(41)37-21-9-20(30(31,32)33)10-22(11-21)38-14-17(2)36-16-38/h5-14,16H,4,15H2,1-3H3,(H,34,35)(H,37,41). The zero-order valence-corrected chi connectivity index (χ0v) is 23.4. The first kappa shape index (κ1) is 27.8. The molecule has 0 bridgehead atoms. The first-order valence-corrected chi connectivity index (χ1v) is 13.3. The number of pyridine rings is 1. The number of aromatic nitrogens is 4. The van der Waals surface area contributed by atoms with Crippen LogP contribution in [-0.2, 0) is 12.7 Å². The Morgan fingerprint density at radius 3 is 2.63 bits per heavy atom. The van der Waals surface area contributed by atoms with Crippen molar-refractivity contribution in [3.05, 3.63) is 89.8 Å². The molecule has 1 aliphatic heterocycles. The van der Waals surface area contributed by atoms with Crippen LogP contribution >= 0.6 is 0 Å². The highest BCUT2D eigenvalue weighted by atomic mass is 19.4. The van der Waals surface area contributed by atoms with Crippen LogP contribution in [0, 0.1) is 6.92 Å². The minimum atomic E-state index is -4.65. The van der Waals surface area contributed by atoms with Gasteiger partial charge in [0.2, 0.25) is 0 Å². The quantitative estimate of drug-likeness (QED) is 0.242. The van der Waals surface area contributed by atoms with E-state index in [9.17, 15) is 22.8 Å². The predicted octanol–water partition coefficient (Wildman–Crippen LogP) is 6.30. The van der Waals surface area contributed by atoms with Crippen LogP contribution in [0.4, 0.5) is 35.0 Å². The number of benzene rings is 2. The number of ether oxygens (including phenoxy) is 1. The Hall–Kier alpha value is -5.33. The Morgan fingerprint density at radius 2 is 1.93 bits per heavy atom. The summed E-state index contributed by atoms with van der Waals surface area (Å²) in [6.45, 7) is 4.16. The Bertz CT molecular complexity index is 1880. The molecule has 5 aromatic rings. The Kier molecular flexibility index (Phi) is 6.79. The average molecular weight is 590 g/mol. The van der Waals surface area contributed by atoms with Crippen LogP contribution in [0.3, 0.4) is 0 Å². The number of rotatable bonds is 6. The summed E-state index contributed by atoms with van der Waals surface area (Å²) in [5.41, 5.74) is 2.53. The third-order valence-electron chi connectivity index (χ3n) is 7.22. The summed E-state index contributed by atoms with van der Waals surface area (Å²) in [5, 5.41) is 3.40. The third kappa shape index (κ3) is 5.13. The molecule has 0 fully saturated rings. The van der Waals surface area contributed by atoms with E-state index in [1.54, 1.807) is 36.5 Å². The molecule has 3 amide bonds. The smallest absolute Gasteiger partial charge is 0.416 e. The predicted molar refractivity (Wildman–Crippen MR) is 155 cm³/mol. The van der Waals surface area contributed by atoms with Crippen molar-refractivity contribution < 1.29 is 27.5 Å². The van der Waals surface area contributed by atoms with E-state index in [1.165, 1.54) is 41.1 Å². The molecule has 0 atom stereocenters. The molecule has 2 N–H and O–H groups in total.